The van der Waals surface area contributed by atoms with Crippen molar-refractivity contribution in [3.63, 3.8) is 0 Å². The van der Waals surface area contributed by atoms with Gasteiger partial charge >= 0.3 is 6.18 Å². The van der Waals surface area contributed by atoms with E-state index in [1.54, 1.807) is 0 Å². The standard InChI is InChI=1S/C13H8F3N3/c1-8-2-3-10(4-11(8)13(14,15)16)12-18-6-9(5-17)7-19-12/h2-4,6-7H,1H3. The number of halogens is 3. The van der Waals surface area contributed by atoms with Crippen LogP contribution in [0.5, 0.6) is 0 Å². The summed E-state index contributed by atoms with van der Waals surface area (Å²) < 4.78 is 38.3. The van der Waals surface area contributed by atoms with Crippen molar-refractivity contribution in [2.24, 2.45) is 0 Å². The fourth-order valence-corrected chi connectivity index (χ4v) is 1.60. The predicted molar refractivity (Wildman–Crippen MR) is 61.9 cm³/mol. The van der Waals surface area contributed by atoms with Crippen LogP contribution in [0.4, 0.5) is 13.2 Å². The van der Waals surface area contributed by atoms with Gasteiger partial charge in [-0.3, -0.25) is 0 Å². The summed E-state index contributed by atoms with van der Waals surface area (Å²) in [5, 5.41) is 8.61. The molecule has 0 bridgehead atoms. The van der Waals surface area contributed by atoms with Gasteiger partial charge in [0.1, 0.15) is 6.07 Å². The predicted octanol–water partition coefficient (Wildman–Crippen LogP) is 3.34. The van der Waals surface area contributed by atoms with E-state index < -0.39 is 11.7 Å². The van der Waals surface area contributed by atoms with Gasteiger partial charge in [0.05, 0.1) is 11.1 Å². The number of rotatable bonds is 1. The number of hydrogen-bond donors (Lipinski definition) is 0. The van der Waals surface area contributed by atoms with Crippen molar-refractivity contribution in [3.8, 4) is 17.5 Å². The van der Waals surface area contributed by atoms with Crippen molar-refractivity contribution in [3.05, 3.63) is 47.3 Å². The SMILES string of the molecule is Cc1ccc(-c2ncc(C#N)cn2)cc1C(F)(F)F. The molecule has 0 aliphatic carbocycles. The molecule has 1 aromatic heterocycles. The van der Waals surface area contributed by atoms with Crippen molar-refractivity contribution in [1.29, 1.82) is 5.26 Å². The fourth-order valence-electron chi connectivity index (χ4n) is 1.60. The molecule has 0 aliphatic heterocycles. The maximum atomic E-state index is 12.8. The second kappa shape index (κ2) is 4.69. The van der Waals surface area contributed by atoms with E-state index in [9.17, 15) is 13.2 Å². The first kappa shape index (κ1) is 13.0. The average Bonchev–Trinajstić information content (AvgIpc) is 2.38. The molecule has 2 aromatic rings. The highest BCUT2D eigenvalue weighted by atomic mass is 19.4. The van der Waals surface area contributed by atoms with Crippen LogP contribution in [0.3, 0.4) is 0 Å². The molecule has 6 heteroatoms. The summed E-state index contributed by atoms with van der Waals surface area (Å²) >= 11 is 0. The van der Waals surface area contributed by atoms with Gasteiger partial charge in [-0.05, 0) is 18.6 Å². The third kappa shape index (κ3) is 2.71. The lowest BCUT2D eigenvalue weighted by atomic mass is 10.0. The summed E-state index contributed by atoms with van der Waals surface area (Å²) in [5.74, 6) is 0.157. The van der Waals surface area contributed by atoms with Crippen molar-refractivity contribution in [2.45, 2.75) is 13.1 Å². The molecule has 96 valence electrons. The van der Waals surface area contributed by atoms with Crippen LogP contribution in [0, 0.1) is 18.3 Å². The van der Waals surface area contributed by atoms with Crippen LogP contribution in [-0.2, 0) is 6.18 Å². The Morgan fingerprint density at radius 3 is 2.32 bits per heavy atom. The smallest absolute Gasteiger partial charge is 0.235 e. The van der Waals surface area contributed by atoms with Crippen molar-refractivity contribution < 1.29 is 13.2 Å². The second-order valence-electron chi connectivity index (χ2n) is 3.93. The first-order valence-corrected chi connectivity index (χ1v) is 5.32. The molecule has 0 amide bonds. The van der Waals surface area contributed by atoms with Gasteiger partial charge in [-0.1, -0.05) is 12.1 Å². The Labute approximate surface area is 107 Å². The summed E-state index contributed by atoms with van der Waals surface area (Å²) in [6.07, 6.45) is -1.86. The fraction of sp³-hybridized carbons (Fsp3) is 0.154. The van der Waals surface area contributed by atoms with Crippen LogP contribution in [-0.4, -0.2) is 9.97 Å². The number of aryl methyl sites for hydroxylation is 1. The van der Waals surface area contributed by atoms with E-state index in [0.717, 1.165) is 6.07 Å². The molecule has 0 spiro atoms. The van der Waals surface area contributed by atoms with Crippen molar-refractivity contribution in [1.82, 2.24) is 9.97 Å². The van der Waals surface area contributed by atoms with E-state index in [1.165, 1.54) is 31.5 Å². The lowest BCUT2D eigenvalue weighted by Gasteiger charge is -2.11. The summed E-state index contributed by atoms with van der Waals surface area (Å²) in [6.45, 7) is 1.40. The van der Waals surface area contributed by atoms with Crippen LogP contribution >= 0.6 is 0 Å². The van der Waals surface area contributed by atoms with Gasteiger partial charge < -0.3 is 0 Å². The largest absolute Gasteiger partial charge is 0.416 e. The van der Waals surface area contributed by atoms with Gasteiger partial charge in [0.2, 0.25) is 0 Å². The zero-order valence-corrected chi connectivity index (χ0v) is 9.86. The molecular formula is C13H8F3N3. The maximum Gasteiger partial charge on any atom is 0.416 e. The molecule has 1 heterocycles. The molecule has 2 rings (SSSR count). The topological polar surface area (TPSA) is 49.6 Å². The highest BCUT2D eigenvalue weighted by Gasteiger charge is 2.32. The van der Waals surface area contributed by atoms with Gasteiger partial charge in [-0.15, -0.1) is 0 Å². The number of nitrogens with zero attached hydrogens (tertiary/aromatic N) is 3. The molecule has 0 N–H and O–H groups in total. The van der Waals surface area contributed by atoms with Gasteiger partial charge in [0.25, 0.3) is 0 Å². The molecule has 0 unspecified atom stereocenters. The lowest BCUT2D eigenvalue weighted by molar-refractivity contribution is -0.138. The molecule has 0 aliphatic rings. The summed E-state index contributed by atoms with van der Waals surface area (Å²) in [6, 6.07) is 5.75. The van der Waals surface area contributed by atoms with Gasteiger partial charge in [-0.2, -0.15) is 18.4 Å². The van der Waals surface area contributed by atoms with Gasteiger partial charge in [0.15, 0.2) is 5.82 Å². The van der Waals surface area contributed by atoms with E-state index in [2.05, 4.69) is 9.97 Å². The molecule has 3 nitrogen and oxygen atoms in total. The lowest BCUT2D eigenvalue weighted by Crippen LogP contribution is -2.07. The zero-order chi connectivity index (χ0) is 14.0. The molecular weight excluding hydrogens is 255 g/mol. The Hall–Kier alpha value is -2.42. The number of aromatic nitrogens is 2. The first-order valence-electron chi connectivity index (χ1n) is 5.32. The third-order valence-electron chi connectivity index (χ3n) is 2.58. The second-order valence-corrected chi connectivity index (χ2v) is 3.93. The maximum absolute atomic E-state index is 12.8. The van der Waals surface area contributed by atoms with Crippen LogP contribution in [0.2, 0.25) is 0 Å². The van der Waals surface area contributed by atoms with Crippen LogP contribution < -0.4 is 0 Å². The number of nitriles is 1. The quantitative estimate of drug-likeness (QED) is 0.792. The molecule has 1 aromatic carbocycles. The van der Waals surface area contributed by atoms with Gasteiger partial charge in [0, 0.05) is 18.0 Å². The highest BCUT2D eigenvalue weighted by molar-refractivity contribution is 5.57. The molecule has 19 heavy (non-hydrogen) atoms. The van der Waals surface area contributed by atoms with E-state index in [0.29, 0.717) is 0 Å². The summed E-state index contributed by atoms with van der Waals surface area (Å²) in [5.41, 5.74) is -0.0443. The minimum absolute atomic E-state index is 0.143. The van der Waals surface area contributed by atoms with Crippen molar-refractivity contribution in [2.75, 3.05) is 0 Å². The van der Waals surface area contributed by atoms with E-state index in [4.69, 9.17) is 5.26 Å². The molecule has 0 saturated heterocycles. The molecule has 0 atom stereocenters. The van der Waals surface area contributed by atoms with E-state index in [-0.39, 0.29) is 22.5 Å². The Morgan fingerprint density at radius 1 is 1.16 bits per heavy atom. The minimum atomic E-state index is -4.41. The summed E-state index contributed by atoms with van der Waals surface area (Å²) in [4.78, 5) is 7.74. The van der Waals surface area contributed by atoms with E-state index in [1.807, 2.05) is 6.07 Å². The van der Waals surface area contributed by atoms with Crippen LogP contribution in [0.15, 0.2) is 30.6 Å². The Morgan fingerprint density at radius 2 is 1.79 bits per heavy atom. The summed E-state index contributed by atoms with van der Waals surface area (Å²) in [7, 11) is 0. The molecule has 0 fully saturated rings. The number of hydrogen-bond acceptors (Lipinski definition) is 3. The normalized spacial score (nSPS) is 11.1. The Kier molecular flexibility index (Phi) is 3.21. The van der Waals surface area contributed by atoms with Crippen molar-refractivity contribution >= 4 is 0 Å². The average molecular weight is 263 g/mol. The monoisotopic (exact) mass is 263 g/mol. The van der Waals surface area contributed by atoms with Crippen LogP contribution in [0.1, 0.15) is 16.7 Å². The zero-order valence-electron chi connectivity index (χ0n) is 9.86. The Balaban J connectivity index is 2.49. The molecule has 0 radical (unpaired) electrons. The third-order valence-corrected chi connectivity index (χ3v) is 2.58. The Bertz CT molecular complexity index is 640. The first-order chi connectivity index (χ1) is 8.91. The number of alkyl halides is 3. The highest BCUT2D eigenvalue weighted by Crippen LogP contribution is 2.33. The van der Waals surface area contributed by atoms with Gasteiger partial charge in [-0.25, -0.2) is 9.97 Å². The minimum Gasteiger partial charge on any atom is -0.235 e. The van der Waals surface area contributed by atoms with Crippen LogP contribution in [0.25, 0.3) is 11.4 Å². The molecule has 0 saturated carbocycles. The van der Waals surface area contributed by atoms with E-state index >= 15 is 0 Å². The number of benzene rings is 1.